The van der Waals surface area contributed by atoms with Crippen molar-refractivity contribution < 1.29 is 8.42 Å². The quantitative estimate of drug-likeness (QED) is 0.817. The van der Waals surface area contributed by atoms with Crippen molar-refractivity contribution in [2.75, 3.05) is 23.5 Å². The summed E-state index contributed by atoms with van der Waals surface area (Å²) < 4.78 is 25.0. The molecule has 8 heteroatoms. The molecule has 0 atom stereocenters. The summed E-state index contributed by atoms with van der Waals surface area (Å²) in [5, 5.41) is 10.1. The van der Waals surface area contributed by atoms with Gasteiger partial charge in [-0.05, 0) is 50.5 Å². The zero-order chi connectivity index (χ0) is 19.2. The molecule has 0 aliphatic heterocycles. The number of rotatable bonds is 6. The van der Waals surface area contributed by atoms with E-state index in [4.69, 9.17) is 5.26 Å². The van der Waals surface area contributed by atoms with Crippen LogP contribution in [0, 0.1) is 28.6 Å². The van der Waals surface area contributed by atoms with Crippen LogP contribution in [0.3, 0.4) is 0 Å². The van der Waals surface area contributed by atoms with Crippen LogP contribution in [0.4, 0.5) is 5.82 Å². The average Bonchev–Trinajstić information content (AvgIpc) is 3.04. The number of nitriles is 1. The van der Waals surface area contributed by atoms with Gasteiger partial charge < -0.3 is 9.88 Å². The van der Waals surface area contributed by atoms with Crippen LogP contribution in [0.15, 0.2) is 18.6 Å². The summed E-state index contributed by atoms with van der Waals surface area (Å²) >= 11 is 0. The van der Waals surface area contributed by atoms with Crippen LogP contribution in [0.2, 0.25) is 0 Å². The molecule has 0 amide bonds. The number of hydrogen-bond acceptors (Lipinski definition) is 6. The maximum atomic E-state index is 12.5. The van der Waals surface area contributed by atoms with Crippen molar-refractivity contribution in [3.63, 3.8) is 0 Å². The van der Waals surface area contributed by atoms with Gasteiger partial charge in [0.05, 0.1) is 28.4 Å². The molecule has 2 aromatic rings. The van der Waals surface area contributed by atoms with Crippen molar-refractivity contribution in [2.45, 2.75) is 38.6 Å². The molecule has 2 aliphatic rings. The van der Waals surface area contributed by atoms with Crippen LogP contribution in [-0.2, 0) is 9.84 Å². The van der Waals surface area contributed by atoms with Crippen molar-refractivity contribution in [1.82, 2.24) is 15.0 Å². The second kappa shape index (κ2) is 6.48. The van der Waals surface area contributed by atoms with E-state index in [1.807, 2.05) is 26.2 Å². The van der Waals surface area contributed by atoms with E-state index in [1.54, 1.807) is 6.33 Å². The molecule has 0 radical (unpaired) electrons. The molecular formula is C19H25N5O2S. The minimum absolute atomic E-state index is 0.154. The van der Waals surface area contributed by atoms with Gasteiger partial charge in [0.25, 0.3) is 0 Å². The van der Waals surface area contributed by atoms with Gasteiger partial charge >= 0.3 is 0 Å². The zero-order valence-corrected chi connectivity index (χ0v) is 16.5. The lowest BCUT2D eigenvalue weighted by molar-refractivity contribution is 0.156. The lowest BCUT2D eigenvalue weighted by atomic mass is 9.65. The van der Waals surface area contributed by atoms with E-state index in [0.29, 0.717) is 18.9 Å². The largest absolute Gasteiger partial charge is 0.356 e. The van der Waals surface area contributed by atoms with Gasteiger partial charge in [0, 0.05) is 19.3 Å². The van der Waals surface area contributed by atoms with Crippen molar-refractivity contribution in [1.29, 1.82) is 5.26 Å². The third-order valence-corrected chi connectivity index (χ3v) is 8.11. The topological polar surface area (TPSA) is 103 Å². The number of nitrogens with one attached hydrogen (secondary N) is 1. The van der Waals surface area contributed by atoms with E-state index in [1.165, 1.54) is 0 Å². The van der Waals surface area contributed by atoms with Gasteiger partial charge in [0.2, 0.25) is 0 Å². The molecule has 0 spiro atoms. The summed E-state index contributed by atoms with van der Waals surface area (Å²) in [4.78, 5) is 13.9. The van der Waals surface area contributed by atoms with Crippen LogP contribution < -0.4 is 4.90 Å². The summed E-state index contributed by atoms with van der Waals surface area (Å²) in [5.41, 5.74) is 0.501. The van der Waals surface area contributed by atoms with Gasteiger partial charge in [-0.2, -0.15) is 5.26 Å². The highest BCUT2D eigenvalue weighted by Crippen LogP contribution is 2.45. The summed E-state index contributed by atoms with van der Waals surface area (Å²) in [7, 11) is -1.04. The molecule has 2 fully saturated rings. The molecular weight excluding hydrogens is 362 g/mol. The molecule has 0 bridgehead atoms. The first-order chi connectivity index (χ1) is 12.8. The van der Waals surface area contributed by atoms with E-state index in [9.17, 15) is 8.42 Å². The maximum absolute atomic E-state index is 12.5. The Hall–Kier alpha value is -2.14. The van der Waals surface area contributed by atoms with Crippen LogP contribution in [0.25, 0.3) is 11.0 Å². The standard InChI is InChI=1S/C19H25N5O2S/c1-19(11-20)7-14(8-19)10-27(25,26)9-13-5-15(6-13)24(2)18-16-3-4-21-17(16)22-12-23-18/h3-4,12-15H,5-10H2,1-2H3,(H,21,22,23)/t13-,14?,15+,19?. The Morgan fingerprint density at radius 2 is 2.00 bits per heavy atom. The Morgan fingerprint density at radius 1 is 1.30 bits per heavy atom. The second-order valence-electron chi connectivity index (χ2n) is 8.56. The van der Waals surface area contributed by atoms with Crippen molar-refractivity contribution in [2.24, 2.45) is 17.3 Å². The number of aromatic amines is 1. The Labute approximate surface area is 159 Å². The molecule has 0 aromatic carbocycles. The third-order valence-electron chi connectivity index (χ3n) is 6.15. The van der Waals surface area contributed by atoms with Gasteiger partial charge in [-0.3, -0.25) is 0 Å². The number of aromatic nitrogens is 3. The third kappa shape index (κ3) is 3.53. The van der Waals surface area contributed by atoms with Gasteiger partial charge in [-0.15, -0.1) is 0 Å². The fourth-order valence-electron chi connectivity index (χ4n) is 4.68. The number of H-pyrrole nitrogens is 1. The van der Waals surface area contributed by atoms with E-state index in [0.717, 1.165) is 29.7 Å². The van der Waals surface area contributed by atoms with Gasteiger partial charge in [-0.1, -0.05) is 0 Å². The highest BCUT2D eigenvalue weighted by atomic mass is 32.2. The highest BCUT2D eigenvalue weighted by molar-refractivity contribution is 7.91. The first-order valence-electron chi connectivity index (χ1n) is 9.41. The van der Waals surface area contributed by atoms with Crippen molar-refractivity contribution in [3.05, 3.63) is 18.6 Å². The number of fused-ring (bicyclic) bond motifs is 1. The Kier molecular flexibility index (Phi) is 4.38. The van der Waals surface area contributed by atoms with E-state index < -0.39 is 9.84 Å². The normalized spacial score (nSPS) is 30.3. The van der Waals surface area contributed by atoms with E-state index in [-0.39, 0.29) is 28.8 Å². The predicted octanol–water partition coefficient (Wildman–Crippen LogP) is 2.53. The average molecular weight is 388 g/mol. The molecule has 2 saturated carbocycles. The molecule has 0 saturated heterocycles. The molecule has 27 heavy (non-hydrogen) atoms. The smallest absolute Gasteiger partial charge is 0.150 e. The Balaban J connectivity index is 1.31. The predicted molar refractivity (Wildman–Crippen MR) is 104 cm³/mol. The molecule has 0 unspecified atom stereocenters. The minimum atomic E-state index is -3.06. The summed E-state index contributed by atoms with van der Waals surface area (Å²) in [5.74, 6) is 1.75. The molecule has 144 valence electrons. The maximum Gasteiger partial charge on any atom is 0.150 e. The number of nitrogens with zero attached hydrogens (tertiary/aromatic N) is 4. The van der Waals surface area contributed by atoms with E-state index in [2.05, 4.69) is 25.9 Å². The molecule has 1 N–H and O–H groups in total. The molecule has 7 nitrogen and oxygen atoms in total. The lowest BCUT2D eigenvalue weighted by Gasteiger charge is -2.43. The van der Waals surface area contributed by atoms with Crippen molar-refractivity contribution in [3.8, 4) is 6.07 Å². The molecule has 2 aromatic heterocycles. The lowest BCUT2D eigenvalue weighted by Crippen LogP contribution is -2.46. The first kappa shape index (κ1) is 18.2. The fourth-order valence-corrected chi connectivity index (χ4v) is 6.76. The first-order valence-corrected chi connectivity index (χ1v) is 11.2. The zero-order valence-electron chi connectivity index (χ0n) is 15.7. The minimum Gasteiger partial charge on any atom is -0.356 e. The Bertz CT molecular complexity index is 981. The highest BCUT2D eigenvalue weighted by Gasteiger charge is 2.43. The SMILES string of the molecule is CN(c1ncnc2[nH]ccc12)[C@H]1C[C@@H](CS(=O)(=O)CC2CC(C)(C#N)C2)C1. The van der Waals surface area contributed by atoms with Crippen LogP contribution >= 0.6 is 0 Å². The van der Waals surface area contributed by atoms with Crippen LogP contribution in [0.1, 0.15) is 32.6 Å². The van der Waals surface area contributed by atoms with Gasteiger partial charge in [-0.25, -0.2) is 18.4 Å². The summed E-state index contributed by atoms with van der Waals surface area (Å²) in [6.45, 7) is 1.91. The Morgan fingerprint density at radius 3 is 2.70 bits per heavy atom. The van der Waals surface area contributed by atoms with E-state index >= 15 is 0 Å². The van der Waals surface area contributed by atoms with Gasteiger partial charge in [0.15, 0.2) is 9.84 Å². The van der Waals surface area contributed by atoms with Crippen LogP contribution in [-0.4, -0.2) is 48.0 Å². The molecule has 2 aliphatic carbocycles. The monoisotopic (exact) mass is 387 g/mol. The van der Waals surface area contributed by atoms with Gasteiger partial charge in [0.1, 0.15) is 17.8 Å². The van der Waals surface area contributed by atoms with Crippen molar-refractivity contribution >= 4 is 26.7 Å². The number of anilines is 1. The van der Waals surface area contributed by atoms with Crippen LogP contribution in [0.5, 0.6) is 0 Å². The number of sulfone groups is 1. The number of hydrogen-bond donors (Lipinski definition) is 1. The second-order valence-corrected chi connectivity index (χ2v) is 10.7. The summed E-state index contributed by atoms with van der Waals surface area (Å²) in [6.07, 6.45) is 6.56. The molecule has 4 rings (SSSR count). The fraction of sp³-hybridized carbons (Fsp3) is 0.632. The summed E-state index contributed by atoms with van der Waals surface area (Å²) in [6, 6.07) is 4.56. The molecule has 2 heterocycles.